The molecule has 5 nitrogen and oxygen atoms in total. The van der Waals surface area contributed by atoms with Gasteiger partial charge in [-0.1, -0.05) is 0 Å². The van der Waals surface area contributed by atoms with Gasteiger partial charge in [-0.2, -0.15) is 0 Å². The van der Waals surface area contributed by atoms with E-state index in [-0.39, 0.29) is 12.2 Å². The van der Waals surface area contributed by atoms with Crippen molar-refractivity contribution >= 4 is 18.1 Å². The lowest BCUT2D eigenvalue weighted by molar-refractivity contribution is -0.107. The molecule has 1 rings (SSSR count). The molecular weight excluding hydrogens is 234 g/mol. The first kappa shape index (κ1) is 14.0. The third-order valence-electron chi connectivity index (χ3n) is 2.03. The molecule has 0 heterocycles. The number of aromatic hydroxyl groups is 1. The van der Waals surface area contributed by atoms with Crippen LogP contribution in [0, 0.1) is 0 Å². The minimum Gasteiger partial charge on any atom is -0.508 e. The molecule has 0 aliphatic heterocycles. The van der Waals surface area contributed by atoms with E-state index >= 15 is 0 Å². The zero-order valence-electron chi connectivity index (χ0n) is 10.7. The highest BCUT2D eigenvalue weighted by atomic mass is 16.6. The second kappa shape index (κ2) is 5.53. The summed E-state index contributed by atoms with van der Waals surface area (Å²) in [6.45, 7) is 5.30. The van der Waals surface area contributed by atoms with E-state index in [0.717, 1.165) is 0 Å². The van der Waals surface area contributed by atoms with E-state index in [1.807, 2.05) is 0 Å². The van der Waals surface area contributed by atoms with E-state index in [4.69, 9.17) is 4.74 Å². The number of nitrogens with one attached hydrogen (secondary N) is 1. The van der Waals surface area contributed by atoms with E-state index in [9.17, 15) is 14.7 Å². The fourth-order valence-corrected chi connectivity index (χ4v) is 1.34. The third kappa shape index (κ3) is 4.45. The number of carbonyl (C=O) groups is 2. The fraction of sp³-hybridized carbons (Fsp3) is 0.385. The highest BCUT2D eigenvalue weighted by Gasteiger charge is 2.16. The summed E-state index contributed by atoms with van der Waals surface area (Å²) in [7, 11) is 0. The second-order valence-electron chi connectivity index (χ2n) is 4.84. The summed E-state index contributed by atoms with van der Waals surface area (Å²) in [6, 6.07) is 4.49. The molecule has 0 saturated heterocycles. The van der Waals surface area contributed by atoms with Crippen molar-refractivity contribution in [3.63, 3.8) is 0 Å². The zero-order chi connectivity index (χ0) is 13.8. The van der Waals surface area contributed by atoms with Crippen LogP contribution in [0.5, 0.6) is 5.75 Å². The van der Waals surface area contributed by atoms with Gasteiger partial charge in [0, 0.05) is 17.7 Å². The van der Waals surface area contributed by atoms with Crippen LogP contribution in [0.3, 0.4) is 0 Å². The van der Waals surface area contributed by atoms with Crippen molar-refractivity contribution in [1.29, 1.82) is 0 Å². The molecule has 0 radical (unpaired) electrons. The molecule has 0 aliphatic carbocycles. The number of carbonyl (C=O) groups excluding carboxylic acids is 2. The summed E-state index contributed by atoms with van der Waals surface area (Å²) < 4.78 is 5.09. The molecule has 0 atom stereocenters. The molecule has 0 unspecified atom stereocenters. The van der Waals surface area contributed by atoms with Crippen LogP contribution < -0.4 is 5.32 Å². The number of phenolic OH excluding ortho intramolecular Hbond substituents is 1. The van der Waals surface area contributed by atoms with Crippen LogP contribution in [0.15, 0.2) is 18.2 Å². The molecule has 0 bridgehead atoms. The lowest BCUT2D eigenvalue weighted by Gasteiger charge is -2.19. The molecule has 0 aromatic heterocycles. The summed E-state index contributed by atoms with van der Waals surface area (Å²) >= 11 is 0. The number of hydrogen-bond acceptors (Lipinski definition) is 4. The molecule has 0 aliphatic rings. The summed E-state index contributed by atoms with van der Waals surface area (Å²) in [5, 5.41) is 12.0. The Kier molecular flexibility index (Phi) is 4.31. The van der Waals surface area contributed by atoms with Crippen molar-refractivity contribution in [2.75, 3.05) is 5.32 Å². The van der Waals surface area contributed by atoms with Crippen LogP contribution in [-0.2, 0) is 16.0 Å². The van der Waals surface area contributed by atoms with Gasteiger partial charge in [0.2, 0.25) is 0 Å². The van der Waals surface area contributed by atoms with Gasteiger partial charge in [0.05, 0.1) is 0 Å². The quantitative estimate of drug-likeness (QED) is 0.639. The molecular formula is C13H17NO4. The summed E-state index contributed by atoms with van der Waals surface area (Å²) in [6.07, 6.45) is 0.201. The lowest BCUT2D eigenvalue weighted by Crippen LogP contribution is -2.27. The number of benzene rings is 1. The van der Waals surface area contributed by atoms with Crippen molar-refractivity contribution in [3.8, 4) is 5.75 Å². The van der Waals surface area contributed by atoms with Gasteiger partial charge < -0.3 is 14.6 Å². The van der Waals surface area contributed by atoms with Gasteiger partial charge in [0.25, 0.3) is 0 Å². The maximum Gasteiger partial charge on any atom is 0.412 e. The first-order chi connectivity index (χ1) is 8.31. The molecule has 5 heteroatoms. The van der Waals surface area contributed by atoms with Crippen LogP contribution in [0.1, 0.15) is 26.3 Å². The number of ether oxygens (including phenoxy) is 1. The first-order valence-electron chi connectivity index (χ1n) is 5.57. The Morgan fingerprint density at radius 3 is 2.67 bits per heavy atom. The van der Waals surface area contributed by atoms with Crippen molar-refractivity contribution in [1.82, 2.24) is 0 Å². The number of rotatable bonds is 3. The van der Waals surface area contributed by atoms with E-state index < -0.39 is 11.7 Å². The molecule has 2 N–H and O–H groups in total. The van der Waals surface area contributed by atoms with Crippen LogP contribution in [0.25, 0.3) is 0 Å². The highest BCUT2D eigenvalue weighted by Crippen LogP contribution is 2.22. The maximum absolute atomic E-state index is 11.5. The molecule has 0 saturated carbocycles. The van der Waals surface area contributed by atoms with Gasteiger partial charge in [-0.25, -0.2) is 4.79 Å². The van der Waals surface area contributed by atoms with Crippen LogP contribution >= 0.6 is 0 Å². The number of anilines is 1. The van der Waals surface area contributed by atoms with E-state index in [1.165, 1.54) is 18.2 Å². The summed E-state index contributed by atoms with van der Waals surface area (Å²) in [5.74, 6) is 0.0249. The Bertz CT molecular complexity index is 449. The topological polar surface area (TPSA) is 75.6 Å². The van der Waals surface area contributed by atoms with Gasteiger partial charge in [-0.15, -0.1) is 0 Å². The summed E-state index contributed by atoms with van der Waals surface area (Å²) in [5.41, 5.74) is 0.351. The summed E-state index contributed by atoms with van der Waals surface area (Å²) in [4.78, 5) is 21.9. The average molecular weight is 251 g/mol. The Labute approximate surface area is 106 Å². The maximum atomic E-state index is 11.5. The second-order valence-corrected chi connectivity index (χ2v) is 4.84. The van der Waals surface area contributed by atoms with E-state index in [1.54, 1.807) is 20.8 Å². The van der Waals surface area contributed by atoms with Crippen LogP contribution in [-0.4, -0.2) is 23.1 Å². The molecule has 1 aromatic carbocycles. The predicted octanol–water partition coefficient (Wildman–Crippen LogP) is 2.48. The Morgan fingerprint density at radius 2 is 2.11 bits per heavy atom. The third-order valence-corrected chi connectivity index (χ3v) is 2.03. The molecule has 1 aromatic rings. The predicted molar refractivity (Wildman–Crippen MR) is 67.7 cm³/mol. The number of phenols is 1. The highest BCUT2D eigenvalue weighted by molar-refractivity contribution is 5.85. The normalized spacial score (nSPS) is 10.8. The molecule has 18 heavy (non-hydrogen) atoms. The molecule has 98 valence electrons. The Balaban J connectivity index is 2.76. The molecule has 1 amide bonds. The van der Waals surface area contributed by atoms with Gasteiger partial charge in [-0.3, -0.25) is 5.32 Å². The van der Waals surface area contributed by atoms with Gasteiger partial charge in [0.15, 0.2) is 0 Å². The standard InChI is InChI=1S/C13H17NO4/c1-13(2,3)18-12(17)14-10-4-5-11(16)9(8-10)6-7-15/h4-5,7-8,16H,6H2,1-3H3,(H,14,17). The number of amides is 1. The molecule has 0 spiro atoms. The smallest absolute Gasteiger partial charge is 0.412 e. The minimum absolute atomic E-state index is 0.0249. The van der Waals surface area contributed by atoms with E-state index in [2.05, 4.69) is 5.32 Å². The van der Waals surface area contributed by atoms with Crippen LogP contribution in [0.4, 0.5) is 10.5 Å². The number of hydrogen-bond donors (Lipinski definition) is 2. The Morgan fingerprint density at radius 1 is 1.44 bits per heavy atom. The molecule has 0 fully saturated rings. The van der Waals surface area contributed by atoms with Crippen molar-refractivity contribution in [2.24, 2.45) is 0 Å². The Hall–Kier alpha value is -2.04. The van der Waals surface area contributed by atoms with Crippen LogP contribution in [0.2, 0.25) is 0 Å². The van der Waals surface area contributed by atoms with Crippen molar-refractivity contribution in [3.05, 3.63) is 23.8 Å². The average Bonchev–Trinajstić information content (AvgIpc) is 2.20. The minimum atomic E-state index is -0.578. The SMILES string of the molecule is CC(C)(C)OC(=O)Nc1ccc(O)c(CC=O)c1. The number of aldehydes is 1. The fourth-order valence-electron chi connectivity index (χ4n) is 1.34. The van der Waals surface area contributed by atoms with Crippen molar-refractivity contribution < 1.29 is 19.4 Å². The van der Waals surface area contributed by atoms with Crippen molar-refractivity contribution in [2.45, 2.75) is 32.8 Å². The zero-order valence-corrected chi connectivity index (χ0v) is 10.7. The first-order valence-corrected chi connectivity index (χ1v) is 5.57. The van der Waals surface area contributed by atoms with Gasteiger partial charge in [0.1, 0.15) is 17.6 Å². The van der Waals surface area contributed by atoms with E-state index in [0.29, 0.717) is 17.5 Å². The monoisotopic (exact) mass is 251 g/mol. The lowest BCUT2D eigenvalue weighted by atomic mass is 10.1. The van der Waals surface area contributed by atoms with Gasteiger partial charge >= 0.3 is 6.09 Å². The largest absolute Gasteiger partial charge is 0.508 e. The van der Waals surface area contributed by atoms with Gasteiger partial charge in [-0.05, 0) is 39.0 Å².